The molecule has 0 radical (unpaired) electrons. The van der Waals surface area contributed by atoms with Crippen LogP contribution < -0.4 is 10.5 Å². The fourth-order valence-corrected chi connectivity index (χ4v) is 4.37. The number of piperazine rings is 1. The van der Waals surface area contributed by atoms with E-state index < -0.39 is 0 Å². The first-order valence-electron chi connectivity index (χ1n) is 11.5. The van der Waals surface area contributed by atoms with Gasteiger partial charge < -0.3 is 9.80 Å². The summed E-state index contributed by atoms with van der Waals surface area (Å²) in [5, 5.41) is 0. The topological polar surface area (TPSA) is 71.3 Å². The highest BCUT2D eigenvalue weighted by Crippen LogP contribution is 2.17. The Hall–Kier alpha value is -4.00. The molecule has 1 fully saturated rings. The average molecular weight is 454 g/mol. The van der Waals surface area contributed by atoms with E-state index in [0.717, 1.165) is 11.1 Å². The smallest absolute Gasteiger partial charge is 0.295 e. The van der Waals surface area contributed by atoms with Crippen LogP contribution in [0.3, 0.4) is 0 Å². The summed E-state index contributed by atoms with van der Waals surface area (Å²) in [6.45, 7) is 6.63. The van der Waals surface area contributed by atoms with Crippen molar-refractivity contribution in [3.05, 3.63) is 99.5 Å². The van der Waals surface area contributed by atoms with E-state index in [1.54, 1.807) is 10.8 Å². The number of anilines is 1. The minimum Gasteiger partial charge on any atom is -0.348 e. The van der Waals surface area contributed by atoms with Gasteiger partial charge in [0.2, 0.25) is 0 Å². The highest BCUT2D eigenvalue weighted by molar-refractivity contribution is 5.94. The molecule has 1 aliphatic heterocycles. The predicted molar refractivity (Wildman–Crippen MR) is 133 cm³/mol. The van der Waals surface area contributed by atoms with Crippen molar-refractivity contribution in [3.8, 4) is 0 Å². The molecule has 5 rings (SSSR count). The number of carbonyl (C=O) groups excluding carboxylic acids is 1. The lowest BCUT2D eigenvalue weighted by Crippen LogP contribution is -2.50. The Morgan fingerprint density at radius 3 is 2.41 bits per heavy atom. The third-order valence-electron chi connectivity index (χ3n) is 6.28. The summed E-state index contributed by atoms with van der Waals surface area (Å²) in [6.07, 6.45) is 1.68. The third-order valence-corrected chi connectivity index (χ3v) is 6.28. The Morgan fingerprint density at radius 1 is 0.912 bits per heavy atom. The molecule has 7 heteroatoms. The quantitative estimate of drug-likeness (QED) is 0.474. The lowest BCUT2D eigenvalue weighted by Gasteiger charge is -2.35. The molecule has 7 nitrogen and oxygen atoms in total. The molecule has 0 atom stereocenters. The number of pyridine rings is 1. The van der Waals surface area contributed by atoms with Crippen LogP contribution in [0, 0.1) is 13.8 Å². The molecule has 0 N–H and O–H groups in total. The molecule has 0 bridgehead atoms. The van der Waals surface area contributed by atoms with E-state index in [1.165, 1.54) is 5.56 Å². The average Bonchev–Trinajstić information content (AvgIpc) is 2.86. The standard InChI is InChI=1S/C27H27N5O2/c1-19-8-10-21(11-9-19)18-32-24-23(7-4-12-28-24)29-25(27(32)34)30-13-15-31(16-14-30)26(33)22-6-3-5-20(2)17-22/h3-12,17H,13-16,18H2,1-2H3. The Kier molecular flexibility index (Phi) is 5.84. The van der Waals surface area contributed by atoms with Crippen molar-refractivity contribution < 1.29 is 4.79 Å². The number of hydrogen-bond acceptors (Lipinski definition) is 5. The molecular weight excluding hydrogens is 426 g/mol. The van der Waals surface area contributed by atoms with Gasteiger partial charge in [0, 0.05) is 37.9 Å². The maximum Gasteiger partial charge on any atom is 0.295 e. The number of amides is 1. The highest BCUT2D eigenvalue weighted by Gasteiger charge is 2.25. The van der Waals surface area contributed by atoms with Gasteiger partial charge in [-0.3, -0.25) is 14.2 Å². The number of carbonyl (C=O) groups is 1. The first kappa shape index (κ1) is 21.8. The van der Waals surface area contributed by atoms with Gasteiger partial charge in [0.05, 0.1) is 6.54 Å². The van der Waals surface area contributed by atoms with E-state index in [1.807, 2.05) is 84.3 Å². The van der Waals surface area contributed by atoms with Crippen molar-refractivity contribution in [3.63, 3.8) is 0 Å². The summed E-state index contributed by atoms with van der Waals surface area (Å²) in [5.74, 6) is 0.436. The summed E-state index contributed by atoms with van der Waals surface area (Å²) in [4.78, 5) is 39.5. The highest BCUT2D eigenvalue weighted by atomic mass is 16.2. The van der Waals surface area contributed by atoms with E-state index in [4.69, 9.17) is 0 Å². The van der Waals surface area contributed by atoms with Gasteiger partial charge in [-0.05, 0) is 43.7 Å². The fraction of sp³-hybridized carbons (Fsp3) is 0.259. The van der Waals surface area contributed by atoms with Gasteiger partial charge in [-0.25, -0.2) is 9.97 Å². The van der Waals surface area contributed by atoms with E-state index in [9.17, 15) is 9.59 Å². The molecule has 4 aromatic rings. The molecular formula is C27H27N5O2. The summed E-state index contributed by atoms with van der Waals surface area (Å²) in [6, 6.07) is 19.5. The van der Waals surface area contributed by atoms with Crippen molar-refractivity contribution in [2.24, 2.45) is 0 Å². The molecule has 2 aromatic carbocycles. The van der Waals surface area contributed by atoms with Gasteiger partial charge in [-0.15, -0.1) is 0 Å². The number of aryl methyl sites for hydroxylation is 2. The maximum absolute atomic E-state index is 13.6. The zero-order valence-corrected chi connectivity index (χ0v) is 19.4. The van der Waals surface area contributed by atoms with Crippen LogP contribution in [0.25, 0.3) is 11.2 Å². The van der Waals surface area contributed by atoms with Gasteiger partial charge in [0.25, 0.3) is 11.5 Å². The lowest BCUT2D eigenvalue weighted by atomic mass is 10.1. The SMILES string of the molecule is Cc1ccc(Cn2c(=O)c(N3CCN(C(=O)c4cccc(C)c4)CC3)nc3cccnc32)cc1. The second-order valence-electron chi connectivity index (χ2n) is 8.81. The number of fused-ring (bicyclic) bond motifs is 1. The van der Waals surface area contributed by atoms with Crippen LogP contribution in [0.15, 0.2) is 71.7 Å². The molecule has 1 aliphatic rings. The van der Waals surface area contributed by atoms with Crippen molar-refractivity contribution >= 4 is 22.9 Å². The van der Waals surface area contributed by atoms with Gasteiger partial charge in [0.15, 0.2) is 11.5 Å². The largest absolute Gasteiger partial charge is 0.348 e. The molecule has 1 saturated heterocycles. The number of nitrogens with zero attached hydrogens (tertiary/aromatic N) is 5. The van der Waals surface area contributed by atoms with Crippen molar-refractivity contribution in [2.75, 3.05) is 31.1 Å². The van der Waals surface area contributed by atoms with Crippen molar-refractivity contribution in [2.45, 2.75) is 20.4 Å². The molecule has 2 aromatic heterocycles. The summed E-state index contributed by atoms with van der Waals surface area (Å²) in [5.41, 5.74) is 5.06. The molecule has 0 spiro atoms. The van der Waals surface area contributed by atoms with Crippen LogP contribution in [0.5, 0.6) is 0 Å². The molecule has 0 aliphatic carbocycles. The van der Waals surface area contributed by atoms with Crippen LogP contribution in [-0.4, -0.2) is 51.5 Å². The first-order valence-corrected chi connectivity index (χ1v) is 11.5. The molecule has 1 amide bonds. The molecule has 172 valence electrons. The van der Waals surface area contributed by atoms with Crippen LogP contribution in [0.4, 0.5) is 5.82 Å². The number of aromatic nitrogens is 3. The predicted octanol–water partition coefficient (Wildman–Crippen LogP) is 3.42. The number of benzene rings is 2. The minimum atomic E-state index is -0.162. The molecule has 34 heavy (non-hydrogen) atoms. The monoisotopic (exact) mass is 453 g/mol. The second kappa shape index (κ2) is 9.09. The van der Waals surface area contributed by atoms with Gasteiger partial charge in [-0.1, -0.05) is 47.5 Å². The minimum absolute atomic E-state index is 0.0239. The van der Waals surface area contributed by atoms with E-state index in [2.05, 4.69) is 9.97 Å². The second-order valence-corrected chi connectivity index (χ2v) is 8.81. The van der Waals surface area contributed by atoms with E-state index in [0.29, 0.717) is 55.3 Å². The number of rotatable bonds is 4. The number of hydrogen-bond donors (Lipinski definition) is 0. The van der Waals surface area contributed by atoms with E-state index >= 15 is 0 Å². The fourth-order valence-electron chi connectivity index (χ4n) is 4.37. The molecule has 0 saturated carbocycles. The Bertz CT molecular complexity index is 1400. The van der Waals surface area contributed by atoms with Gasteiger partial charge >= 0.3 is 0 Å². The zero-order chi connectivity index (χ0) is 23.7. The lowest BCUT2D eigenvalue weighted by molar-refractivity contribution is 0.0746. The summed E-state index contributed by atoms with van der Waals surface area (Å²) < 4.78 is 1.70. The van der Waals surface area contributed by atoms with E-state index in [-0.39, 0.29) is 11.5 Å². The van der Waals surface area contributed by atoms with Crippen LogP contribution >= 0.6 is 0 Å². The zero-order valence-electron chi connectivity index (χ0n) is 19.4. The first-order chi connectivity index (χ1) is 16.5. The summed E-state index contributed by atoms with van der Waals surface area (Å²) in [7, 11) is 0. The molecule has 3 heterocycles. The summed E-state index contributed by atoms with van der Waals surface area (Å²) >= 11 is 0. The van der Waals surface area contributed by atoms with Crippen LogP contribution in [0.2, 0.25) is 0 Å². The normalized spacial score (nSPS) is 13.9. The Morgan fingerprint density at radius 2 is 1.68 bits per heavy atom. The van der Waals surface area contributed by atoms with Crippen LogP contribution in [0.1, 0.15) is 27.0 Å². The Labute approximate surface area is 198 Å². The third kappa shape index (κ3) is 4.29. The van der Waals surface area contributed by atoms with Gasteiger partial charge in [0.1, 0.15) is 5.52 Å². The molecule has 0 unspecified atom stereocenters. The Balaban J connectivity index is 1.42. The van der Waals surface area contributed by atoms with Crippen LogP contribution in [-0.2, 0) is 6.54 Å². The van der Waals surface area contributed by atoms with Gasteiger partial charge in [-0.2, -0.15) is 0 Å². The van der Waals surface area contributed by atoms with Crippen molar-refractivity contribution in [1.82, 2.24) is 19.4 Å². The van der Waals surface area contributed by atoms with Crippen molar-refractivity contribution in [1.29, 1.82) is 0 Å². The maximum atomic E-state index is 13.6.